The standard InChI is InChI=1S/C20H16BrF2NO3/c21-13-1-3-17-12(9-13)10-19(27-17)20(25)24-7-5-15(6-8-24)26-18-4-2-14(22)11-16(18)23/h1-4,9-11,15H,5-8H2. The van der Waals surface area contributed by atoms with Gasteiger partial charge < -0.3 is 14.1 Å². The summed E-state index contributed by atoms with van der Waals surface area (Å²) in [4.78, 5) is 14.4. The van der Waals surface area contributed by atoms with Gasteiger partial charge in [-0.05, 0) is 36.4 Å². The normalized spacial score (nSPS) is 15.3. The lowest BCUT2D eigenvalue weighted by Crippen LogP contribution is -2.41. The van der Waals surface area contributed by atoms with Crippen molar-refractivity contribution < 1.29 is 22.7 Å². The second kappa shape index (κ2) is 7.31. The van der Waals surface area contributed by atoms with Gasteiger partial charge in [-0.3, -0.25) is 4.79 Å². The summed E-state index contributed by atoms with van der Waals surface area (Å²) in [5, 5.41) is 0.859. The molecular formula is C20H16BrF2NO3. The molecule has 0 radical (unpaired) electrons. The predicted molar refractivity (Wildman–Crippen MR) is 99.8 cm³/mol. The van der Waals surface area contributed by atoms with Crippen LogP contribution in [-0.2, 0) is 0 Å². The van der Waals surface area contributed by atoms with Crippen LogP contribution < -0.4 is 4.74 Å². The molecule has 2 aromatic carbocycles. The number of likely N-dealkylation sites (tertiary alicyclic amines) is 1. The summed E-state index contributed by atoms with van der Waals surface area (Å²) in [6, 6.07) is 10.6. The highest BCUT2D eigenvalue weighted by molar-refractivity contribution is 9.10. The van der Waals surface area contributed by atoms with Crippen LogP contribution in [0.1, 0.15) is 23.4 Å². The third kappa shape index (κ3) is 3.83. The first-order chi connectivity index (χ1) is 13.0. The molecule has 0 spiro atoms. The molecule has 1 amide bonds. The average Bonchev–Trinajstić information content (AvgIpc) is 3.07. The van der Waals surface area contributed by atoms with E-state index in [1.54, 1.807) is 11.0 Å². The van der Waals surface area contributed by atoms with Gasteiger partial charge in [-0.2, -0.15) is 0 Å². The molecule has 0 bridgehead atoms. The van der Waals surface area contributed by atoms with E-state index in [4.69, 9.17) is 9.15 Å². The maximum atomic E-state index is 13.7. The van der Waals surface area contributed by atoms with E-state index in [0.29, 0.717) is 37.3 Å². The summed E-state index contributed by atoms with van der Waals surface area (Å²) in [5.74, 6) is -1.20. The molecule has 1 aromatic heterocycles. The Labute approximate surface area is 162 Å². The molecule has 1 fully saturated rings. The van der Waals surface area contributed by atoms with Crippen LogP contribution in [0.2, 0.25) is 0 Å². The number of amides is 1. The monoisotopic (exact) mass is 435 g/mol. The molecule has 0 unspecified atom stereocenters. The Hall–Kier alpha value is -2.41. The van der Waals surface area contributed by atoms with Gasteiger partial charge in [0.2, 0.25) is 0 Å². The average molecular weight is 436 g/mol. The minimum atomic E-state index is -0.720. The molecule has 1 saturated heterocycles. The SMILES string of the molecule is O=C(c1cc2cc(Br)ccc2o1)N1CCC(Oc2ccc(F)cc2F)CC1. The molecule has 27 heavy (non-hydrogen) atoms. The van der Waals surface area contributed by atoms with Crippen LogP contribution >= 0.6 is 15.9 Å². The van der Waals surface area contributed by atoms with Gasteiger partial charge in [0.15, 0.2) is 17.3 Å². The Morgan fingerprint density at radius 1 is 1.11 bits per heavy atom. The second-order valence-corrected chi connectivity index (χ2v) is 7.39. The fourth-order valence-corrected chi connectivity index (χ4v) is 3.58. The molecule has 3 aromatic rings. The minimum Gasteiger partial charge on any atom is -0.487 e. The van der Waals surface area contributed by atoms with E-state index in [9.17, 15) is 13.6 Å². The molecule has 140 valence electrons. The maximum Gasteiger partial charge on any atom is 0.289 e. The van der Waals surface area contributed by atoms with E-state index in [0.717, 1.165) is 22.0 Å². The van der Waals surface area contributed by atoms with Crippen molar-refractivity contribution in [1.82, 2.24) is 4.90 Å². The lowest BCUT2D eigenvalue weighted by Gasteiger charge is -2.31. The van der Waals surface area contributed by atoms with Crippen LogP contribution in [0.15, 0.2) is 51.4 Å². The first-order valence-electron chi connectivity index (χ1n) is 8.60. The van der Waals surface area contributed by atoms with Gasteiger partial charge in [0.1, 0.15) is 17.5 Å². The molecule has 1 aliphatic heterocycles. The van der Waals surface area contributed by atoms with Crippen LogP contribution in [0.5, 0.6) is 5.75 Å². The number of hydrogen-bond donors (Lipinski definition) is 0. The number of carbonyl (C=O) groups is 1. The van der Waals surface area contributed by atoms with Crippen molar-refractivity contribution in [3.63, 3.8) is 0 Å². The summed E-state index contributed by atoms with van der Waals surface area (Å²) < 4.78 is 38.9. The van der Waals surface area contributed by atoms with E-state index in [2.05, 4.69) is 15.9 Å². The topological polar surface area (TPSA) is 42.7 Å². The number of nitrogens with zero attached hydrogens (tertiary/aromatic N) is 1. The van der Waals surface area contributed by atoms with Crippen LogP contribution in [0.3, 0.4) is 0 Å². The number of hydrogen-bond acceptors (Lipinski definition) is 3. The Kier molecular flexibility index (Phi) is 4.86. The zero-order valence-electron chi connectivity index (χ0n) is 14.3. The number of furan rings is 1. The number of ether oxygens (including phenoxy) is 1. The molecule has 0 atom stereocenters. The predicted octanol–water partition coefficient (Wildman–Crippen LogP) is 5.16. The number of benzene rings is 2. The van der Waals surface area contributed by atoms with Gasteiger partial charge in [-0.1, -0.05) is 15.9 Å². The third-order valence-corrected chi connectivity index (χ3v) is 5.10. The number of halogens is 3. The van der Waals surface area contributed by atoms with Crippen molar-refractivity contribution >= 4 is 32.8 Å². The van der Waals surface area contributed by atoms with Crippen LogP contribution in [0.4, 0.5) is 8.78 Å². The van der Waals surface area contributed by atoms with Gasteiger partial charge in [-0.15, -0.1) is 0 Å². The Bertz CT molecular complexity index is 996. The lowest BCUT2D eigenvalue weighted by atomic mass is 10.1. The van der Waals surface area contributed by atoms with Crippen molar-refractivity contribution in [3.05, 3.63) is 64.3 Å². The zero-order valence-corrected chi connectivity index (χ0v) is 15.8. The van der Waals surface area contributed by atoms with Crippen molar-refractivity contribution in [2.75, 3.05) is 13.1 Å². The van der Waals surface area contributed by atoms with E-state index in [-0.39, 0.29) is 17.8 Å². The van der Waals surface area contributed by atoms with E-state index < -0.39 is 11.6 Å². The first-order valence-corrected chi connectivity index (χ1v) is 9.39. The van der Waals surface area contributed by atoms with Gasteiger partial charge in [-0.25, -0.2) is 8.78 Å². The van der Waals surface area contributed by atoms with E-state index in [1.807, 2.05) is 18.2 Å². The summed E-state index contributed by atoms with van der Waals surface area (Å²) in [5.41, 5.74) is 0.659. The summed E-state index contributed by atoms with van der Waals surface area (Å²) in [6.45, 7) is 0.958. The highest BCUT2D eigenvalue weighted by atomic mass is 79.9. The number of piperidine rings is 1. The molecule has 0 N–H and O–H groups in total. The quantitative estimate of drug-likeness (QED) is 0.570. The molecular weight excluding hydrogens is 420 g/mol. The summed E-state index contributed by atoms with van der Waals surface area (Å²) in [7, 11) is 0. The zero-order chi connectivity index (χ0) is 19.0. The maximum absolute atomic E-state index is 13.7. The molecule has 7 heteroatoms. The van der Waals surface area contributed by atoms with Gasteiger partial charge in [0, 0.05) is 41.9 Å². The van der Waals surface area contributed by atoms with Crippen molar-refractivity contribution in [1.29, 1.82) is 0 Å². The van der Waals surface area contributed by atoms with E-state index >= 15 is 0 Å². The molecule has 0 saturated carbocycles. The first kappa shape index (κ1) is 18.0. The second-order valence-electron chi connectivity index (χ2n) is 6.48. The lowest BCUT2D eigenvalue weighted by molar-refractivity contribution is 0.0562. The van der Waals surface area contributed by atoms with E-state index in [1.165, 1.54) is 6.07 Å². The summed E-state index contributed by atoms with van der Waals surface area (Å²) in [6.07, 6.45) is 0.906. The van der Waals surface area contributed by atoms with Crippen LogP contribution in [0.25, 0.3) is 11.0 Å². The van der Waals surface area contributed by atoms with Gasteiger partial charge in [0.25, 0.3) is 5.91 Å². The van der Waals surface area contributed by atoms with Crippen LogP contribution in [0, 0.1) is 11.6 Å². The minimum absolute atomic E-state index is 0.0315. The van der Waals surface area contributed by atoms with Crippen molar-refractivity contribution in [2.24, 2.45) is 0 Å². The smallest absolute Gasteiger partial charge is 0.289 e. The van der Waals surface area contributed by atoms with Gasteiger partial charge in [0.05, 0.1) is 0 Å². The molecule has 4 rings (SSSR count). The van der Waals surface area contributed by atoms with Gasteiger partial charge >= 0.3 is 0 Å². The fraction of sp³-hybridized carbons (Fsp3) is 0.250. The fourth-order valence-electron chi connectivity index (χ4n) is 3.20. The molecule has 2 heterocycles. The third-order valence-electron chi connectivity index (χ3n) is 4.61. The number of fused-ring (bicyclic) bond motifs is 1. The Morgan fingerprint density at radius 3 is 2.63 bits per heavy atom. The highest BCUT2D eigenvalue weighted by Gasteiger charge is 2.27. The number of rotatable bonds is 3. The number of carbonyl (C=O) groups excluding carboxylic acids is 1. The summed E-state index contributed by atoms with van der Waals surface area (Å²) >= 11 is 3.40. The largest absolute Gasteiger partial charge is 0.487 e. The molecule has 0 aliphatic carbocycles. The molecule has 4 nitrogen and oxygen atoms in total. The molecule has 1 aliphatic rings. The Balaban J connectivity index is 1.40. The van der Waals surface area contributed by atoms with Crippen molar-refractivity contribution in [2.45, 2.75) is 18.9 Å². The highest BCUT2D eigenvalue weighted by Crippen LogP contribution is 2.26. The van der Waals surface area contributed by atoms with Crippen LogP contribution in [-0.4, -0.2) is 30.0 Å². The van der Waals surface area contributed by atoms with Crippen molar-refractivity contribution in [3.8, 4) is 5.75 Å². The Morgan fingerprint density at radius 2 is 1.89 bits per heavy atom.